The highest BCUT2D eigenvalue weighted by Gasteiger charge is 2.20. The smallest absolute Gasteiger partial charge is 0.242 e. The Labute approximate surface area is 125 Å². The second-order valence-corrected chi connectivity index (χ2v) is 6.96. The van der Waals surface area contributed by atoms with Gasteiger partial charge in [0.15, 0.2) is 0 Å². The predicted molar refractivity (Wildman–Crippen MR) is 79.1 cm³/mol. The molecule has 0 saturated heterocycles. The summed E-state index contributed by atoms with van der Waals surface area (Å²) in [7, 11) is 0.186. The van der Waals surface area contributed by atoms with Crippen LogP contribution in [0.3, 0.4) is 0 Å². The summed E-state index contributed by atoms with van der Waals surface area (Å²) in [6.07, 6.45) is 0.695. The van der Waals surface area contributed by atoms with Crippen molar-refractivity contribution in [3.05, 3.63) is 28.8 Å². The third kappa shape index (κ3) is 4.76. The van der Waals surface area contributed by atoms with Crippen LogP contribution in [0.4, 0.5) is 0 Å². The lowest BCUT2D eigenvalue weighted by Gasteiger charge is -2.17. The van der Waals surface area contributed by atoms with Crippen molar-refractivity contribution in [3.8, 4) is 6.07 Å². The summed E-state index contributed by atoms with van der Waals surface area (Å²) in [5.74, 6) is 0. The Hall–Kier alpha value is -1.13. The molecule has 1 atom stereocenters. The number of hydrogen-bond donors (Lipinski definition) is 1. The van der Waals surface area contributed by atoms with E-state index in [4.69, 9.17) is 16.9 Å². The lowest BCUT2D eigenvalue weighted by Crippen LogP contribution is -2.34. The third-order valence-electron chi connectivity index (χ3n) is 2.72. The summed E-state index contributed by atoms with van der Waals surface area (Å²) in [5.41, 5.74) is 0.328. The van der Waals surface area contributed by atoms with Crippen LogP contribution in [0, 0.1) is 11.3 Å². The van der Waals surface area contributed by atoms with E-state index in [0.717, 1.165) is 6.54 Å². The number of hydrogen-bond acceptors (Lipinski definition) is 4. The van der Waals surface area contributed by atoms with Crippen molar-refractivity contribution in [3.63, 3.8) is 0 Å². The molecule has 5 nitrogen and oxygen atoms in total. The van der Waals surface area contributed by atoms with E-state index >= 15 is 0 Å². The Kier molecular flexibility index (Phi) is 5.96. The van der Waals surface area contributed by atoms with Gasteiger partial charge in [0.2, 0.25) is 10.0 Å². The van der Waals surface area contributed by atoms with Crippen LogP contribution in [-0.2, 0) is 10.0 Å². The Balaban J connectivity index is 2.87. The molecule has 1 N–H and O–H groups in total. The number of nitriles is 1. The van der Waals surface area contributed by atoms with E-state index in [-0.39, 0.29) is 16.0 Å². The molecule has 0 saturated carbocycles. The molecule has 0 aliphatic rings. The van der Waals surface area contributed by atoms with E-state index in [1.54, 1.807) is 6.92 Å². The van der Waals surface area contributed by atoms with Crippen molar-refractivity contribution in [1.82, 2.24) is 9.62 Å². The fraction of sp³-hybridized carbons (Fsp3) is 0.462. The molecule has 1 aromatic rings. The maximum atomic E-state index is 12.2. The normalized spacial score (nSPS) is 13.2. The maximum Gasteiger partial charge on any atom is 0.242 e. The third-order valence-corrected chi connectivity index (χ3v) is 4.79. The van der Waals surface area contributed by atoms with Crippen LogP contribution in [-0.4, -0.2) is 40.0 Å². The zero-order valence-corrected chi connectivity index (χ0v) is 13.3. The molecular formula is C13H18ClN3O2S. The fourth-order valence-corrected chi connectivity index (χ4v) is 3.45. The van der Waals surface area contributed by atoms with Gasteiger partial charge in [-0.25, -0.2) is 13.1 Å². The van der Waals surface area contributed by atoms with Gasteiger partial charge in [-0.3, -0.25) is 0 Å². The molecule has 1 aromatic carbocycles. The van der Waals surface area contributed by atoms with Gasteiger partial charge in [0.25, 0.3) is 0 Å². The van der Waals surface area contributed by atoms with Gasteiger partial charge in [0.1, 0.15) is 4.90 Å². The molecule has 0 heterocycles. The Morgan fingerprint density at radius 3 is 2.60 bits per heavy atom. The summed E-state index contributed by atoms with van der Waals surface area (Å²) in [6, 6.07) is 5.85. The molecule has 0 aliphatic carbocycles. The molecule has 7 heteroatoms. The molecule has 110 valence electrons. The van der Waals surface area contributed by atoms with Crippen molar-refractivity contribution in [2.75, 3.05) is 20.6 Å². The first-order valence-corrected chi connectivity index (χ1v) is 7.99. The van der Waals surface area contributed by atoms with Gasteiger partial charge in [-0.2, -0.15) is 5.26 Å². The zero-order chi connectivity index (χ0) is 15.3. The number of nitrogens with one attached hydrogen (secondary N) is 1. The molecule has 0 bridgehead atoms. The molecule has 0 aromatic heterocycles. The SMILES string of the molecule is CC(CCN(C)C)NS(=O)(=O)c1ccc(C#N)cc1Cl. The van der Waals surface area contributed by atoms with Gasteiger partial charge >= 0.3 is 0 Å². The molecule has 0 amide bonds. The quantitative estimate of drug-likeness (QED) is 0.869. The number of benzene rings is 1. The second kappa shape index (κ2) is 7.04. The van der Waals surface area contributed by atoms with Crippen LogP contribution >= 0.6 is 11.6 Å². The molecule has 1 unspecified atom stereocenters. The number of halogens is 1. The predicted octanol–water partition coefficient (Wildman–Crippen LogP) is 1.83. The molecule has 20 heavy (non-hydrogen) atoms. The van der Waals surface area contributed by atoms with Crippen LogP contribution < -0.4 is 4.72 Å². The van der Waals surface area contributed by atoms with E-state index in [0.29, 0.717) is 12.0 Å². The van der Waals surface area contributed by atoms with Gasteiger partial charge in [0.05, 0.1) is 16.7 Å². The van der Waals surface area contributed by atoms with Crippen molar-refractivity contribution >= 4 is 21.6 Å². The number of sulfonamides is 1. The number of nitrogens with zero attached hydrogens (tertiary/aromatic N) is 2. The largest absolute Gasteiger partial charge is 0.309 e. The second-order valence-electron chi connectivity index (χ2n) is 4.87. The average molecular weight is 316 g/mol. The van der Waals surface area contributed by atoms with Gasteiger partial charge in [0, 0.05) is 6.04 Å². The molecule has 1 rings (SSSR count). The first-order valence-electron chi connectivity index (χ1n) is 6.13. The van der Waals surface area contributed by atoms with Crippen LogP contribution in [0.1, 0.15) is 18.9 Å². The van der Waals surface area contributed by atoms with E-state index < -0.39 is 10.0 Å². The van der Waals surface area contributed by atoms with Crippen LogP contribution in [0.2, 0.25) is 5.02 Å². The van der Waals surface area contributed by atoms with Gasteiger partial charge in [-0.1, -0.05) is 11.6 Å². The number of rotatable bonds is 6. The van der Waals surface area contributed by atoms with Crippen molar-refractivity contribution < 1.29 is 8.42 Å². The van der Waals surface area contributed by atoms with Crippen molar-refractivity contribution in [2.24, 2.45) is 0 Å². The zero-order valence-electron chi connectivity index (χ0n) is 11.7. The van der Waals surface area contributed by atoms with Crippen LogP contribution in [0.5, 0.6) is 0 Å². The highest BCUT2D eigenvalue weighted by atomic mass is 35.5. The van der Waals surface area contributed by atoms with E-state index in [9.17, 15) is 8.42 Å². The molecule has 0 aliphatic heterocycles. The first-order chi connectivity index (χ1) is 9.26. The Morgan fingerprint density at radius 1 is 1.45 bits per heavy atom. The highest BCUT2D eigenvalue weighted by Crippen LogP contribution is 2.22. The topological polar surface area (TPSA) is 73.2 Å². The molecule has 0 spiro atoms. The van der Waals surface area contributed by atoms with E-state index in [1.165, 1.54) is 18.2 Å². The average Bonchev–Trinajstić information content (AvgIpc) is 2.35. The minimum absolute atomic E-state index is 0.00475. The summed E-state index contributed by atoms with van der Waals surface area (Å²) in [5, 5.41) is 8.80. The van der Waals surface area contributed by atoms with Gasteiger partial charge < -0.3 is 4.90 Å². The summed E-state index contributed by atoms with van der Waals surface area (Å²) in [4.78, 5) is 1.98. The van der Waals surface area contributed by atoms with Crippen LogP contribution in [0.15, 0.2) is 23.1 Å². The molecule has 0 radical (unpaired) electrons. The van der Waals surface area contributed by atoms with Crippen molar-refractivity contribution in [2.45, 2.75) is 24.3 Å². The fourth-order valence-electron chi connectivity index (χ4n) is 1.63. The Bertz CT molecular complexity index is 609. The minimum atomic E-state index is -3.67. The van der Waals surface area contributed by atoms with E-state index in [1.807, 2.05) is 25.1 Å². The van der Waals surface area contributed by atoms with Gasteiger partial charge in [-0.05, 0) is 52.2 Å². The molecule has 0 fully saturated rings. The summed E-state index contributed by atoms with van der Waals surface area (Å²) in [6.45, 7) is 2.59. The van der Waals surface area contributed by atoms with E-state index in [2.05, 4.69) is 4.72 Å². The lowest BCUT2D eigenvalue weighted by molar-refractivity contribution is 0.379. The van der Waals surface area contributed by atoms with Gasteiger partial charge in [-0.15, -0.1) is 0 Å². The first kappa shape index (κ1) is 16.9. The van der Waals surface area contributed by atoms with Crippen LogP contribution in [0.25, 0.3) is 0 Å². The minimum Gasteiger partial charge on any atom is -0.309 e. The Morgan fingerprint density at radius 2 is 2.10 bits per heavy atom. The monoisotopic (exact) mass is 315 g/mol. The summed E-state index contributed by atoms with van der Waals surface area (Å²) < 4.78 is 27.0. The maximum absolute atomic E-state index is 12.2. The van der Waals surface area contributed by atoms with Crippen molar-refractivity contribution in [1.29, 1.82) is 5.26 Å². The lowest BCUT2D eigenvalue weighted by atomic mass is 10.2. The standard InChI is InChI=1S/C13H18ClN3O2S/c1-10(6-7-17(2)3)16-20(18,19)13-5-4-11(9-15)8-12(13)14/h4-5,8,10,16H,6-7H2,1-3H3. The highest BCUT2D eigenvalue weighted by molar-refractivity contribution is 7.89. The molecular weight excluding hydrogens is 298 g/mol. The summed E-state index contributed by atoms with van der Waals surface area (Å²) >= 11 is 5.93.